The van der Waals surface area contributed by atoms with Crippen molar-refractivity contribution in [2.75, 3.05) is 11.9 Å². The van der Waals surface area contributed by atoms with Crippen molar-refractivity contribution in [1.82, 2.24) is 0 Å². The Morgan fingerprint density at radius 1 is 1.42 bits per heavy atom. The summed E-state index contributed by atoms with van der Waals surface area (Å²) in [5.41, 5.74) is -2.82. The van der Waals surface area contributed by atoms with Gasteiger partial charge in [0.1, 0.15) is 0 Å². The molecule has 0 saturated carbocycles. The van der Waals surface area contributed by atoms with E-state index in [9.17, 15) is 32.9 Å². The van der Waals surface area contributed by atoms with E-state index in [4.69, 9.17) is 9.47 Å². The summed E-state index contributed by atoms with van der Waals surface area (Å²) in [7, 11) is 0. The minimum atomic E-state index is -4.92. The third kappa shape index (κ3) is 4.69. The molecule has 1 saturated heterocycles. The molecule has 1 aromatic rings. The fraction of sp³-hybridized carbons (Fsp3) is 0.467. The molecule has 0 aromatic heterocycles. The number of carbonyl (C=O) groups is 2. The number of hydrogen-bond donors (Lipinski definition) is 1. The molecule has 0 spiro atoms. The largest absolute Gasteiger partial charge is 0.451 e. The highest BCUT2D eigenvalue weighted by Gasteiger charge is 2.36. The van der Waals surface area contributed by atoms with Gasteiger partial charge in [0.2, 0.25) is 0 Å². The number of nitro groups is 1. The molecule has 26 heavy (non-hydrogen) atoms. The lowest BCUT2D eigenvalue weighted by atomic mass is 10.1. The Morgan fingerprint density at radius 3 is 2.65 bits per heavy atom. The van der Waals surface area contributed by atoms with Crippen LogP contribution in [0.5, 0.6) is 0 Å². The molecule has 0 radical (unpaired) electrons. The predicted octanol–water partition coefficient (Wildman–Crippen LogP) is 2.66. The van der Waals surface area contributed by atoms with Crippen LogP contribution in [0.15, 0.2) is 18.2 Å². The van der Waals surface area contributed by atoms with Gasteiger partial charge in [-0.3, -0.25) is 14.9 Å². The highest BCUT2D eigenvalue weighted by molar-refractivity contribution is 5.96. The van der Waals surface area contributed by atoms with Gasteiger partial charge < -0.3 is 14.8 Å². The van der Waals surface area contributed by atoms with Crippen LogP contribution in [0.4, 0.5) is 24.5 Å². The number of halogens is 3. The van der Waals surface area contributed by atoms with E-state index in [0.29, 0.717) is 25.5 Å². The first kappa shape index (κ1) is 19.6. The highest BCUT2D eigenvalue weighted by atomic mass is 19.4. The maximum absolute atomic E-state index is 13.1. The minimum absolute atomic E-state index is 0.318. The van der Waals surface area contributed by atoms with Gasteiger partial charge in [-0.25, -0.2) is 4.79 Å². The van der Waals surface area contributed by atoms with Crippen LogP contribution in [0, 0.1) is 10.1 Å². The number of hydrogen-bond acceptors (Lipinski definition) is 6. The third-order valence-corrected chi connectivity index (χ3v) is 3.63. The summed E-state index contributed by atoms with van der Waals surface area (Å²) in [5.74, 6) is -1.78. The van der Waals surface area contributed by atoms with E-state index in [1.54, 1.807) is 0 Å². The molecule has 1 aliphatic heterocycles. The number of rotatable bonds is 5. The molecule has 0 bridgehead atoms. The van der Waals surface area contributed by atoms with E-state index in [2.05, 4.69) is 0 Å². The molecule has 1 amide bonds. The second-order valence-electron chi connectivity index (χ2n) is 5.55. The van der Waals surface area contributed by atoms with Crippen molar-refractivity contribution in [3.8, 4) is 0 Å². The molecule has 1 N–H and O–H groups in total. The SMILES string of the molecule is C[C@H](OC(=O)[C@H]1CCCO1)C(=O)Nc1ccc([N+](=O)[O-])cc1C(F)(F)F. The molecule has 1 fully saturated rings. The van der Waals surface area contributed by atoms with E-state index >= 15 is 0 Å². The molecule has 8 nitrogen and oxygen atoms in total. The summed E-state index contributed by atoms with van der Waals surface area (Å²) in [6, 6.07) is 1.92. The van der Waals surface area contributed by atoms with Crippen molar-refractivity contribution in [1.29, 1.82) is 0 Å². The van der Waals surface area contributed by atoms with Gasteiger partial charge in [0.15, 0.2) is 12.2 Å². The molecular formula is C15H15F3N2O6. The van der Waals surface area contributed by atoms with Gasteiger partial charge in [0.05, 0.1) is 16.2 Å². The lowest BCUT2D eigenvalue weighted by Gasteiger charge is -2.18. The lowest BCUT2D eigenvalue weighted by Crippen LogP contribution is -2.34. The third-order valence-electron chi connectivity index (χ3n) is 3.63. The summed E-state index contributed by atoms with van der Waals surface area (Å²) in [6.07, 6.45) is -5.99. The van der Waals surface area contributed by atoms with E-state index < -0.39 is 52.1 Å². The Hall–Kier alpha value is -2.69. The van der Waals surface area contributed by atoms with Crippen LogP contribution in [-0.4, -0.2) is 35.6 Å². The normalized spacial score (nSPS) is 18.2. The van der Waals surface area contributed by atoms with Crippen LogP contribution in [0.3, 0.4) is 0 Å². The average molecular weight is 376 g/mol. The Kier molecular flexibility index (Phi) is 5.80. The maximum atomic E-state index is 13.1. The quantitative estimate of drug-likeness (QED) is 0.481. The Morgan fingerprint density at radius 2 is 2.12 bits per heavy atom. The summed E-state index contributed by atoms with van der Waals surface area (Å²) >= 11 is 0. The van der Waals surface area contributed by atoms with Gasteiger partial charge in [0.25, 0.3) is 11.6 Å². The van der Waals surface area contributed by atoms with Crippen LogP contribution in [0.25, 0.3) is 0 Å². The zero-order chi connectivity index (χ0) is 19.5. The van der Waals surface area contributed by atoms with E-state index in [1.807, 2.05) is 5.32 Å². The first-order valence-corrected chi connectivity index (χ1v) is 7.58. The van der Waals surface area contributed by atoms with Gasteiger partial charge in [-0.2, -0.15) is 13.2 Å². The molecule has 0 unspecified atom stereocenters. The van der Waals surface area contributed by atoms with Gasteiger partial charge in [-0.15, -0.1) is 0 Å². The number of amides is 1. The fourth-order valence-electron chi connectivity index (χ4n) is 2.29. The summed E-state index contributed by atoms with van der Waals surface area (Å²) in [5, 5.41) is 12.6. The van der Waals surface area contributed by atoms with Crippen LogP contribution < -0.4 is 5.32 Å². The van der Waals surface area contributed by atoms with E-state index in [-0.39, 0.29) is 0 Å². The van der Waals surface area contributed by atoms with Crippen LogP contribution in [0.2, 0.25) is 0 Å². The number of nitro benzene ring substituents is 1. The molecule has 1 heterocycles. The number of carbonyl (C=O) groups excluding carboxylic acids is 2. The van der Waals surface area contributed by atoms with E-state index in [0.717, 1.165) is 12.1 Å². The van der Waals surface area contributed by atoms with Crippen LogP contribution >= 0.6 is 0 Å². The maximum Gasteiger partial charge on any atom is 0.418 e. The second kappa shape index (κ2) is 7.68. The Labute approximate surface area is 145 Å². The first-order valence-electron chi connectivity index (χ1n) is 7.58. The summed E-state index contributed by atoms with van der Waals surface area (Å²) in [6.45, 7) is 1.58. The monoisotopic (exact) mass is 376 g/mol. The number of nitrogens with one attached hydrogen (secondary N) is 1. The van der Waals surface area contributed by atoms with Crippen LogP contribution in [-0.2, 0) is 25.2 Å². The minimum Gasteiger partial charge on any atom is -0.451 e. The van der Waals surface area contributed by atoms with Crippen molar-refractivity contribution in [2.24, 2.45) is 0 Å². The smallest absolute Gasteiger partial charge is 0.418 e. The topological polar surface area (TPSA) is 108 Å². The number of nitrogens with zero attached hydrogens (tertiary/aromatic N) is 1. The van der Waals surface area contributed by atoms with E-state index in [1.165, 1.54) is 6.92 Å². The van der Waals surface area contributed by atoms with Crippen LogP contribution in [0.1, 0.15) is 25.3 Å². The molecule has 0 aliphatic carbocycles. The van der Waals surface area contributed by atoms with Gasteiger partial charge in [-0.1, -0.05) is 0 Å². The molecule has 142 valence electrons. The molecular weight excluding hydrogens is 361 g/mol. The molecule has 1 aliphatic rings. The zero-order valence-electron chi connectivity index (χ0n) is 13.5. The molecule has 2 atom stereocenters. The first-order chi connectivity index (χ1) is 12.1. The molecule has 2 rings (SSSR count). The van der Waals surface area contributed by atoms with Crippen molar-refractivity contribution in [3.05, 3.63) is 33.9 Å². The Bertz CT molecular complexity index is 716. The average Bonchev–Trinajstić information content (AvgIpc) is 3.08. The molecule has 1 aromatic carbocycles. The number of alkyl halides is 3. The lowest BCUT2D eigenvalue weighted by molar-refractivity contribution is -0.385. The molecule has 11 heteroatoms. The fourth-order valence-corrected chi connectivity index (χ4v) is 2.29. The van der Waals surface area contributed by atoms with Crippen molar-refractivity contribution in [2.45, 2.75) is 38.1 Å². The number of benzene rings is 1. The summed E-state index contributed by atoms with van der Waals surface area (Å²) in [4.78, 5) is 33.5. The predicted molar refractivity (Wildman–Crippen MR) is 81.3 cm³/mol. The van der Waals surface area contributed by atoms with Crippen molar-refractivity contribution < 1.29 is 37.2 Å². The number of anilines is 1. The zero-order valence-corrected chi connectivity index (χ0v) is 13.5. The number of esters is 1. The number of non-ortho nitro benzene ring substituents is 1. The Balaban J connectivity index is 2.12. The highest BCUT2D eigenvalue weighted by Crippen LogP contribution is 2.37. The summed E-state index contributed by atoms with van der Waals surface area (Å²) < 4.78 is 49.2. The second-order valence-corrected chi connectivity index (χ2v) is 5.55. The number of ether oxygens (including phenoxy) is 2. The van der Waals surface area contributed by atoms with Gasteiger partial charge >= 0.3 is 12.1 Å². The standard InChI is InChI=1S/C15H15F3N2O6/c1-8(26-14(22)12-3-2-6-25-12)13(21)19-11-5-4-9(20(23)24)7-10(11)15(16,17)18/h4-5,7-8,12H,2-3,6H2,1H3,(H,19,21)/t8-,12+/m0/s1. The van der Waals surface area contributed by atoms with Crippen molar-refractivity contribution >= 4 is 23.3 Å². The van der Waals surface area contributed by atoms with Gasteiger partial charge in [-0.05, 0) is 25.8 Å². The van der Waals surface area contributed by atoms with Crippen molar-refractivity contribution in [3.63, 3.8) is 0 Å². The van der Waals surface area contributed by atoms with Gasteiger partial charge in [0, 0.05) is 18.7 Å².